The molecule has 2 nitrogen and oxygen atoms in total. The van der Waals surface area contributed by atoms with Crippen LogP contribution in [0.2, 0.25) is 0 Å². The van der Waals surface area contributed by atoms with Gasteiger partial charge in [0.1, 0.15) is 5.76 Å². The molecule has 0 bridgehead atoms. The molecule has 0 spiro atoms. The zero-order chi connectivity index (χ0) is 15.6. The van der Waals surface area contributed by atoms with Crippen molar-refractivity contribution >= 4 is 5.78 Å². The van der Waals surface area contributed by atoms with E-state index in [1.165, 1.54) is 0 Å². The van der Waals surface area contributed by atoms with Crippen molar-refractivity contribution in [3.05, 3.63) is 11.3 Å². The van der Waals surface area contributed by atoms with Crippen molar-refractivity contribution in [2.24, 2.45) is 16.7 Å². The maximum atomic E-state index is 12.4. The van der Waals surface area contributed by atoms with Gasteiger partial charge in [-0.1, -0.05) is 34.6 Å². The topological polar surface area (TPSA) is 37.3 Å². The molecule has 2 heteroatoms. The zero-order valence-electron chi connectivity index (χ0n) is 14.2. The standard InChI is InChI=1S/C18H32O2/c1-7-14(8-2)15(19)13(3)16(20)18(6)11-9-17(4,5)10-12-18/h14,20H,7-12H2,1-6H3. The molecule has 0 aliphatic heterocycles. The Hall–Kier alpha value is -0.790. The van der Waals surface area contributed by atoms with Gasteiger partial charge in [-0.25, -0.2) is 0 Å². The maximum absolute atomic E-state index is 12.4. The Morgan fingerprint density at radius 3 is 1.90 bits per heavy atom. The lowest BCUT2D eigenvalue weighted by molar-refractivity contribution is -0.119. The first-order chi connectivity index (χ1) is 9.17. The third-order valence-corrected chi connectivity index (χ3v) is 5.36. The summed E-state index contributed by atoms with van der Waals surface area (Å²) in [6, 6.07) is 0. The van der Waals surface area contributed by atoms with Crippen LogP contribution >= 0.6 is 0 Å². The van der Waals surface area contributed by atoms with Crippen LogP contribution in [0.15, 0.2) is 11.3 Å². The summed E-state index contributed by atoms with van der Waals surface area (Å²) in [7, 11) is 0. The van der Waals surface area contributed by atoms with Crippen LogP contribution in [0.25, 0.3) is 0 Å². The number of allylic oxidation sites excluding steroid dienone is 2. The van der Waals surface area contributed by atoms with Gasteiger partial charge in [-0.2, -0.15) is 0 Å². The molecule has 1 N–H and O–H groups in total. The van der Waals surface area contributed by atoms with Crippen LogP contribution in [0.4, 0.5) is 0 Å². The summed E-state index contributed by atoms with van der Waals surface area (Å²) in [5.74, 6) is 0.546. The van der Waals surface area contributed by atoms with Crippen LogP contribution in [-0.4, -0.2) is 10.9 Å². The molecular formula is C18H32O2. The van der Waals surface area contributed by atoms with Crippen LogP contribution in [0.1, 0.15) is 80.1 Å². The Morgan fingerprint density at radius 2 is 1.50 bits per heavy atom. The number of hydrogen-bond donors (Lipinski definition) is 1. The van der Waals surface area contributed by atoms with Crippen molar-refractivity contribution in [2.45, 2.75) is 80.1 Å². The molecule has 1 fully saturated rings. The van der Waals surface area contributed by atoms with Crippen molar-refractivity contribution < 1.29 is 9.90 Å². The van der Waals surface area contributed by atoms with E-state index >= 15 is 0 Å². The molecule has 0 atom stereocenters. The lowest BCUT2D eigenvalue weighted by Crippen LogP contribution is -2.32. The largest absolute Gasteiger partial charge is 0.511 e. The fraction of sp³-hybridized carbons (Fsp3) is 0.833. The van der Waals surface area contributed by atoms with E-state index in [-0.39, 0.29) is 17.1 Å². The molecule has 0 aromatic rings. The SMILES string of the molecule is CCC(CC)C(=O)C(C)=C(O)C1(C)CCC(C)(C)CC1. The molecular weight excluding hydrogens is 248 g/mol. The number of Topliss-reactive ketones (excluding diaryl/α,β-unsaturated/α-hetero) is 1. The quantitative estimate of drug-likeness (QED) is 0.538. The van der Waals surface area contributed by atoms with Gasteiger partial charge in [0.2, 0.25) is 0 Å². The lowest BCUT2D eigenvalue weighted by atomic mass is 9.64. The number of aliphatic hydroxyl groups is 1. The first-order valence-electron chi connectivity index (χ1n) is 8.11. The van der Waals surface area contributed by atoms with E-state index in [4.69, 9.17) is 0 Å². The van der Waals surface area contributed by atoms with E-state index in [1.54, 1.807) is 6.92 Å². The molecule has 0 aromatic carbocycles. The van der Waals surface area contributed by atoms with Gasteiger partial charge in [-0.15, -0.1) is 0 Å². The number of hydrogen-bond acceptors (Lipinski definition) is 2. The van der Waals surface area contributed by atoms with Crippen LogP contribution < -0.4 is 0 Å². The van der Waals surface area contributed by atoms with Gasteiger partial charge in [0, 0.05) is 16.9 Å². The molecule has 0 unspecified atom stereocenters. The van der Waals surface area contributed by atoms with E-state index < -0.39 is 0 Å². The van der Waals surface area contributed by atoms with Crippen molar-refractivity contribution in [1.29, 1.82) is 0 Å². The summed E-state index contributed by atoms with van der Waals surface area (Å²) >= 11 is 0. The lowest BCUT2D eigenvalue weighted by Gasteiger charge is -2.41. The average molecular weight is 280 g/mol. The Morgan fingerprint density at radius 1 is 1.05 bits per heavy atom. The molecule has 0 amide bonds. The van der Waals surface area contributed by atoms with E-state index in [0.29, 0.717) is 16.7 Å². The highest BCUT2D eigenvalue weighted by Gasteiger charge is 2.39. The molecule has 0 saturated heterocycles. The van der Waals surface area contributed by atoms with Gasteiger partial charge >= 0.3 is 0 Å². The molecule has 1 aliphatic carbocycles. The van der Waals surface area contributed by atoms with Gasteiger partial charge in [0.15, 0.2) is 5.78 Å². The Bertz CT molecular complexity index is 376. The predicted molar refractivity (Wildman–Crippen MR) is 84.8 cm³/mol. The van der Waals surface area contributed by atoms with E-state index in [1.807, 2.05) is 13.8 Å². The molecule has 116 valence electrons. The van der Waals surface area contributed by atoms with E-state index in [0.717, 1.165) is 38.5 Å². The highest BCUT2D eigenvalue weighted by Crippen LogP contribution is 2.48. The molecule has 20 heavy (non-hydrogen) atoms. The van der Waals surface area contributed by atoms with Crippen LogP contribution in [0.3, 0.4) is 0 Å². The van der Waals surface area contributed by atoms with E-state index in [2.05, 4.69) is 20.8 Å². The number of rotatable bonds is 5. The van der Waals surface area contributed by atoms with Crippen LogP contribution in [-0.2, 0) is 4.79 Å². The molecule has 1 rings (SSSR count). The number of carbonyl (C=O) groups is 1. The number of ketones is 1. The Kier molecular flexibility index (Phi) is 5.46. The summed E-state index contributed by atoms with van der Waals surface area (Å²) in [6.07, 6.45) is 5.87. The van der Waals surface area contributed by atoms with Gasteiger partial charge in [-0.3, -0.25) is 4.79 Å². The number of aliphatic hydroxyl groups excluding tert-OH is 1. The fourth-order valence-electron chi connectivity index (χ4n) is 3.25. The fourth-order valence-corrected chi connectivity index (χ4v) is 3.25. The third kappa shape index (κ3) is 3.65. The predicted octanol–water partition coefficient (Wildman–Crippen LogP) is 5.43. The minimum absolute atomic E-state index is 0.0563. The second-order valence-electron chi connectivity index (χ2n) is 7.58. The molecule has 1 aliphatic rings. The van der Waals surface area contributed by atoms with E-state index in [9.17, 15) is 9.90 Å². The summed E-state index contributed by atoms with van der Waals surface area (Å²) in [6.45, 7) is 12.6. The molecule has 0 heterocycles. The summed E-state index contributed by atoms with van der Waals surface area (Å²) < 4.78 is 0. The van der Waals surface area contributed by atoms with Crippen LogP contribution in [0, 0.1) is 16.7 Å². The van der Waals surface area contributed by atoms with Gasteiger partial charge in [0.05, 0.1) is 0 Å². The van der Waals surface area contributed by atoms with Crippen molar-refractivity contribution in [3.8, 4) is 0 Å². The third-order valence-electron chi connectivity index (χ3n) is 5.36. The highest BCUT2D eigenvalue weighted by molar-refractivity contribution is 5.97. The Labute approximate surface area is 124 Å². The van der Waals surface area contributed by atoms with Crippen LogP contribution in [0.5, 0.6) is 0 Å². The van der Waals surface area contributed by atoms with Gasteiger partial charge in [0.25, 0.3) is 0 Å². The zero-order valence-corrected chi connectivity index (χ0v) is 14.2. The van der Waals surface area contributed by atoms with Crippen molar-refractivity contribution in [3.63, 3.8) is 0 Å². The second-order valence-corrected chi connectivity index (χ2v) is 7.58. The average Bonchev–Trinajstić information content (AvgIpc) is 2.42. The summed E-state index contributed by atoms with van der Waals surface area (Å²) in [5, 5.41) is 10.6. The highest BCUT2D eigenvalue weighted by atomic mass is 16.3. The Balaban J connectivity index is 2.94. The normalized spacial score (nSPS) is 22.6. The number of carbonyl (C=O) groups excluding carboxylic acids is 1. The minimum Gasteiger partial charge on any atom is -0.511 e. The summed E-state index contributed by atoms with van der Waals surface area (Å²) in [5.41, 5.74) is 0.759. The van der Waals surface area contributed by atoms with Gasteiger partial charge in [-0.05, 0) is 50.9 Å². The minimum atomic E-state index is -0.207. The first kappa shape index (κ1) is 17.3. The maximum Gasteiger partial charge on any atom is 0.164 e. The second kappa shape index (κ2) is 6.32. The monoisotopic (exact) mass is 280 g/mol. The molecule has 0 radical (unpaired) electrons. The molecule has 0 aromatic heterocycles. The smallest absolute Gasteiger partial charge is 0.164 e. The summed E-state index contributed by atoms with van der Waals surface area (Å²) in [4.78, 5) is 12.4. The molecule has 1 saturated carbocycles. The van der Waals surface area contributed by atoms with Crippen molar-refractivity contribution in [2.75, 3.05) is 0 Å². The van der Waals surface area contributed by atoms with Crippen molar-refractivity contribution in [1.82, 2.24) is 0 Å². The first-order valence-corrected chi connectivity index (χ1v) is 8.11. The van der Waals surface area contributed by atoms with Gasteiger partial charge < -0.3 is 5.11 Å².